The maximum atomic E-state index is 12.9. The van der Waals surface area contributed by atoms with E-state index in [1.807, 2.05) is 24.3 Å². The summed E-state index contributed by atoms with van der Waals surface area (Å²) < 4.78 is 2.54. The molecular formula is C20H18N4O2S2. The van der Waals surface area contributed by atoms with Crippen LogP contribution >= 0.6 is 22.7 Å². The molecule has 0 fully saturated rings. The van der Waals surface area contributed by atoms with Crippen LogP contribution in [0.3, 0.4) is 0 Å². The molecule has 3 heterocycles. The largest absolute Gasteiger partial charge is 0.337 e. The van der Waals surface area contributed by atoms with Gasteiger partial charge in [0, 0.05) is 11.9 Å². The predicted octanol–water partition coefficient (Wildman–Crippen LogP) is 3.22. The van der Waals surface area contributed by atoms with Crippen molar-refractivity contribution in [1.29, 1.82) is 0 Å². The first-order valence-corrected chi connectivity index (χ1v) is 10.8. The molecule has 0 bridgehead atoms. The lowest BCUT2D eigenvalue weighted by atomic mass is 10.2. The summed E-state index contributed by atoms with van der Waals surface area (Å²) in [5, 5.41) is 1.59. The minimum Gasteiger partial charge on any atom is -0.337 e. The minimum atomic E-state index is -0.130. The maximum Gasteiger partial charge on any atom is 0.262 e. The van der Waals surface area contributed by atoms with Crippen molar-refractivity contribution in [1.82, 2.24) is 19.4 Å². The standard InChI is InChI=1S/C20H18N4O2S2/c1-23(9-16-22-13-6-2-3-7-15(13)27-16)17(25)10-24-11-21-19-18(20(24)26)12-5-4-8-14(12)28-19/h2-3,6-7,11H,4-5,8-10H2,1H3. The smallest absolute Gasteiger partial charge is 0.262 e. The Labute approximate surface area is 169 Å². The van der Waals surface area contributed by atoms with E-state index in [9.17, 15) is 9.59 Å². The van der Waals surface area contributed by atoms with Crippen LogP contribution < -0.4 is 5.56 Å². The summed E-state index contributed by atoms with van der Waals surface area (Å²) >= 11 is 3.20. The van der Waals surface area contributed by atoms with E-state index in [2.05, 4.69) is 9.97 Å². The van der Waals surface area contributed by atoms with Gasteiger partial charge in [-0.25, -0.2) is 9.97 Å². The number of likely N-dealkylation sites (N-methyl/N-ethyl adjacent to an activating group) is 1. The summed E-state index contributed by atoms with van der Waals surface area (Å²) in [4.78, 5) is 38.3. The van der Waals surface area contributed by atoms with Crippen LogP contribution in [0.25, 0.3) is 20.4 Å². The Morgan fingerprint density at radius 2 is 2.11 bits per heavy atom. The maximum absolute atomic E-state index is 12.9. The molecule has 142 valence electrons. The fraction of sp³-hybridized carbons (Fsp3) is 0.300. The second kappa shape index (κ2) is 6.79. The van der Waals surface area contributed by atoms with Gasteiger partial charge in [-0.2, -0.15) is 0 Å². The van der Waals surface area contributed by atoms with E-state index in [-0.39, 0.29) is 18.0 Å². The lowest BCUT2D eigenvalue weighted by Gasteiger charge is -2.16. The van der Waals surface area contributed by atoms with E-state index in [1.165, 1.54) is 15.8 Å². The third kappa shape index (κ3) is 2.93. The second-order valence-corrected chi connectivity index (χ2v) is 9.24. The zero-order chi connectivity index (χ0) is 19.3. The van der Waals surface area contributed by atoms with Crippen molar-refractivity contribution in [2.45, 2.75) is 32.4 Å². The van der Waals surface area contributed by atoms with Crippen molar-refractivity contribution in [3.05, 3.63) is 56.4 Å². The zero-order valence-electron chi connectivity index (χ0n) is 15.3. The van der Waals surface area contributed by atoms with Crippen LogP contribution in [-0.4, -0.2) is 32.4 Å². The second-order valence-electron chi connectivity index (χ2n) is 7.04. The van der Waals surface area contributed by atoms with Gasteiger partial charge in [0.2, 0.25) is 5.91 Å². The van der Waals surface area contributed by atoms with Crippen LogP contribution in [0.1, 0.15) is 21.9 Å². The molecule has 4 aromatic rings. The van der Waals surface area contributed by atoms with Gasteiger partial charge in [-0.15, -0.1) is 22.7 Å². The number of fused-ring (bicyclic) bond motifs is 4. The van der Waals surface area contributed by atoms with Gasteiger partial charge in [-0.3, -0.25) is 14.2 Å². The Bertz CT molecular complexity index is 1240. The number of aromatic nitrogens is 3. The summed E-state index contributed by atoms with van der Waals surface area (Å²) in [6.45, 7) is 0.421. The van der Waals surface area contributed by atoms with E-state index in [1.54, 1.807) is 34.6 Å². The molecule has 3 aromatic heterocycles. The molecule has 1 amide bonds. The molecule has 0 atom stereocenters. The average molecular weight is 411 g/mol. The number of rotatable bonds is 4. The Balaban J connectivity index is 1.37. The molecule has 0 N–H and O–H groups in total. The van der Waals surface area contributed by atoms with Crippen LogP contribution in [0.5, 0.6) is 0 Å². The first-order chi connectivity index (χ1) is 13.6. The van der Waals surface area contributed by atoms with Gasteiger partial charge in [-0.05, 0) is 37.0 Å². The summed E-state index contributed by atoms with van der Waals surface area (Å²) in [7, 11) is 1.74. The molecule has 6 nitrogen and oxygen atoms in total. The Kier molecular flexibility index (Phi) is 4.25. The number of hydrogen-bond acceptors (Lipinski definition) is 6. The number of carbonyl (C=O) groups is 1. The van der Waals surface area contributed by atoms with Crippen molar-refractivity contribution < 1.29 is 4.79 Å². The van der Waals surface area contributed by atoms with Crippen LogP contribution in [0, 0.1) is 0 Å². The molecule has 1 aromatic carbocycles. The van der Waals surface area contributed by atoms with E-state index >= 15 is 0 Å². The molecule has 0 spiro atoms. The summed E-state index contributed by atoms with van der Waals surface area (Å²) in [5.41, 5.74) is 1.98. The third-order valence-electron chi connectivity index (χ3n) is 5.13. The van der Waals surface area contributed by atoms with Crippen molar-refractivity contribution in [3.8, 4) is 0 Å². The monoisotopic (exact) mass is 410 g/mol. The fourth-order valence-electron chi connectivity index (χ4n) is 3.68. The van der Waals surface area contributed by atoms with E-state index in [0.29, 0.717) is 11.9 Å². The quantitative estimate of drug-likeness (QED) is 0.518. The molecule has 1 aliphatic rings. The third-order valence-corrected chi connectivity index (χ3v) is 7.35. The summed E-state index contributed by atoms with van der Waals surface area (Å²) in [5.74, 6) is -0.130. The van der Waals surface area contributed by atoms with Gasteiger partial charge < -0.3 is 4.90 Å². The van der Waals surface area contributed by atoms with Gasteiger partial charge in [0.25, 0.3) is 5.56 Å². The first-order valence-electron chi connectivity index (χ1n) is 9.18. The highest BCUT2D eigenvalue weighted by atomic mass is 32.1. The lowest BCUT2D eigenvalue weighted by Crippen LogP contribution is -2.33. The number of thiophene rings is 1. The Morgan fingerprint density at radius 1 is 1.25 bits per heavy atom. The predicted molar refractivity (Wildman–Crippen MR) is 112 cm³/mol. The summed E-state index contributed by atoms with van der Waals surface area (Å²) in [6.07, 6.45) is 4.55. The number of hydrogen-bond donors (Lipinski definition) is 0. The fourth-order valence-corrected chi connectivity index (χ4v) is 5.92. The molecular weight excluding hydrogens is 392 g/mol. The van der Waals surface area contributed by atoms with Crippen LogP contribution in [-0.2, 0) is 30.7 Å². The first kappa shape index (κ1) is 17.5. The van der Waals surface area contributed by atoms with Crippen LogP contribution in [0.4, 0.5) is 0 Å². The normalized spacial score (nSPS) is 13.3. The number of carbonyl (C=O) groups excluding carboxylic acids is 1. The van der Waals surface area contributed by atoms with Gasteiger partial charge >= 0.3 is 0 Å². The van der Waals surface area contributed by atoms with Crippen LogP contribution in [0.2, 0.25) is 0 Å². The number of thiazole rings is 1. The molecule has 0 radical (unpaired) electrons. The van der Waals surface area contributed by atoms with Crippen molar-refractivity contribution >= 4 is 49.0 Å². The average Bonchev–Trinajstić information content (AvgIpc) is 3.37. The van der Waals surface area contributed by atoms with Crippen molar-refractivity contribution in [2.75, 3.05) is 7.05 Å². The topological polar surface area (TPSA) is 68.1 Å². The lowest BCUT2D eigenvalue weighted by molar-refractivity contribution is -0.131. The van der Waals surface area contributed by atoms with Gasteiger partial charge in [-0.1, -0.05) is 12.1 Å². The molecule has 0 saturated carbocycles. The van der Waals surface area contributed by atoms with E-state index in [4.69, 9.17) is 0 Å². The van der Waals surface area contributed by atoms with Gasteiger partial charge in [0.05, 0.1) is 28.5 Å². The zero-order valence-corrected chi connectivity index (χ0v) is 17.0. The molecule has 28 heavy (non-hydrogen) atoms. The number of amides is 1. The Hall–Kier alpha value is -2.58. The van der Waals surface area contributed by atoms with Gasteiger partial charge in [0.1, 0.15) is 16.4 Å². The molecule has 0 aliphatic heterocycles. The minimum absolute atomic E-state index is 0.00616. The molecule has 0 unspecified atom stereocenters. The number of nitrogens with zero attached hydrogens (tertiary/aromatic N) is 4. The SMILES string of the molecule is CN(Cc1nc2ccccc2s1)C(=O)Cn1cnc2sc3c(c2c1=O)CCC3. The van der Waals surface area contributed by atoms with Crippen LogP contribution in [0.15, 0.2) is 35.4 Å². The Morgan fingerprint density at radius 3 is 2.96 bits per heavy atom. The number of benzene rings is 1. The molecule has 5 rings (SSSR count). The highest BCUT2D eigenvalue weighted by Crippen LogP contribution is 2.34. The van der Waals surface area contributed by atoms with Crippen molar-refractivity contribution in [2.24, 2.45) is 0 Å². The highest BCUT2D eigenvalue weighted by molar-refractivity contribution is 7.19. The molecule has 8 heteroatoms. The van der Waals surface area contributed by atoms with Gasteiger partial charge in [0.15, 0.2) is 0 Å². The van der Waals surface area contributed by atoms with Crippen molar-refractivity contribution in [3.63, 3.8) is 0 Å². The number of para-hydroxylation sites is 1. The summed E-state index contributed by atoms with van der Waals surface area (Å²) in [6, 6.07) is 7.93. The van der Waals surface area contributed by atoms with E-state index in [0.717, 1.165) is 44.9 Å². The highest BCUT2D eigenvalue weighted by Gasteiger charge is 2.22. The molecule has 0 saturated heterocycles. The van der Waals surface area contributed by atoms with E-state index < -0.39 is 0 Å². The molecule has 1 aliphatic carbocycles. The number of aryl methyl sites for hydroxylation is 2.